The van der Waals surface area contributed by atoms with Crippen LogP contribution in [0.1, 0.15) is 32.0 Å². The second-order valence-electron chi connectivity index (χ2n) is 5.24. The Morgan fingerprint density at radius 2 is 1.94 bits per heavy atom. The molecule has 1 aromatic heterocycles. The number of pyridine rings is 1. The molecule has 0 aliphatic carbocycles. The molecule has 0 bridgehead atoms. The van der Waals surface area contributed by atoms with Crippen molar-refractivity contribution in [2.24, 2.45) is 0 Å². The molecule has 1 nitrogen and oxygen atoms in total. The first-order valence-electron chi connectivity index (χ1n) is 5.62. The molecule has 0 amide bonds. The minimum Gasteiger partial charge on any atom is -0.252 e. The zero-order valence-corrected chi connectivity index (χ0v) is 12.8. The number of hydrogen-bond acceptors (Lipinski definition) is 2. The van der Waals surface area contributed by atoms with Gasteiger partial charge in [0, 0.05) is 26.7 Å². The molecule has 2 rings (SSSR count). The molecule has 0 spiro atoms. The van der Waals surface area contributed by atoms with E-state index < -0.39 is 0 Å². The van der Waals surface area contributed by atoms with Crippen molar-refractivity contribution in [2.75, 3.05) is 0 Å². The van der Waals surface area contributed by atoms with Gasteiger partial charge in [-0.25, -0.2) is 0 Å². The first kappa shape index (κ1) is 12.9. The van der Waals surface area contributed by atoms with E-state index in [0.717, 1.165) is 21.4 Å². The van der Waals surface area contributed by atoms with Gasteiger partial charge in [-0.3, -0.25) is 4.98 Å². The van der Waals surface area contributed by atoms with Gasteiger partial charge in [0.1, 0.15) is 0 Å². The van der Waals surface area contributed by atoms with Crippen LogP contribution in [0.2, 0.25) is 0 Å². The largest absolute Gasteiger partial charge is 0.252 e. The lowest BCUT2D eigenvalue weighted by molar-refractivity contribution is 0.571. The van der Waals surface area contributed by atoms with Crippen molar-refractivity contribution in [1.82, 2.24) is 4.98 Å². The fourth-order valence-electron chi connectivity index (χ4n) is 1.78. The quantitative estimate of drug-likeness (QED) is 0.752. The summed E-state index contributed by atoms with van der Waals surface area (Å²) in [5, 5.41) is 1.18. The molecule has 0 saturated carbocycles. The molecule has 0 aliphatic rings. The fourth-order valence-corrected chi connectivity index (χ4v) is 2.41. The normalized spacial score (nSPS) is 12.1. The van der Waals surface area contributed by atoms with Gasteiger partial charge in [0.15, 0.2) is 0 Å². The highest BCUT2D eigenvalue weighted by atomic mass is 79.9. The maximum Gasteiger partial charge on any atom is 0.0709 e. The molecule has 2 aromatic rings. The van der Waals surface area contributed by atoms with Gasteiger partial charge in [-0.1, -0.05) is 36.7 Å². The summed E-state index contributed by atoms with van der Waals surface area (Å²) in [5.41, 5.74) is 3.48. The maximum absolute atomic E-state index is 4.74. The Balaban J connectivity index is 2.75. The monoisotopic (exact) mass is 309 g/mol. The second kappa shape index (κ2) is 4.62. The van der Waals surface area contributed by atoms with Crippen molar-refractivity contribution in [3.63, 3.8) is 0 Å². The van der Waals surface area contributed by atoms with Crippen molar-refractivity contribution in [3.8, 4) is 0 Å². The molecule has 0 fully saturated rings. The number of thiol groups is 1. The highest BCUT2D eigenvalue weighted by Gasteiger charge is 2.17. The number of fused-ring (bicyclic) bond motifs is 1. The second-order valence-corrected chi connectivity index (χ2v) is 6.47. The molecule has 0 unspecified atom stereocenters. The number of halogens is 1. The van der Waals surface area contributed by atoms with Crippen LogP contribution in [0.4, 0.5) is 0 Å². The van der Waals surface area contributed by atoms with E-state index in [1.807, 2.05) is 6.07 Å². The molecule has 0 saturated heterocycles. The molecule has 90 valence electrons. The number of hydrogen-bond donors (Lipinski definition) is 1. The van der Waals surface area contributed by atoms with Gasteiger partial charge < -0.3 is 0 Å². The Hall–Kier alpha value is -0.540. The minimum atomic E-state index is 0.0684. The summed E-state index contributed by atoms with van der Waals surface area (Å²) in [4.78, 5) is 4.74. The Kier molecular flexibility index (Phi) is 3.50. The summed E-state index contributed by atoms with van der Waals surface area (Å²) >= 11 is 7.92. The first-order chi connectivity index (χ1) is 7.91. The van der Waals surface area contributed by atoms with Crippen molar-refractivity contribution in [3.05, 3.63) is 40.0 Å². The molecule has 17 heavy (non-hydrogen) atoms. The number of rotatable bonds is 1. The Bertz CT molecular complexity index is 558. The summed E-state index contributed by atoms with van der Waals surface area (Å²) in [6.07, 6.45) is 0. The standard InChI is InChI=1S/C14H16BrNS/c1-14(2,3)13-6-9(8-17)11-7-10(15)4-5-12(11)16-13/h4-7,17H,8H2,1-3H3. The maximum atomic E-state index is 4.74. The van der Waals surface area contributed by atoms with Crippen LogP contribution in [0.3, 0.4) is 0 Å². The van der Waals surface area contributed by atoms with Crippen LogP contribution in [0.25, 0.3) is 10.9 Å². The smallest absolute Gasteiger partial charge is 0.0709 e. The lowest BCUT2D eigenvalue weighted by Crippen LogP contribution is -2.14. The van der Waals surface area contributed by atoms with E-state index in [0.29, 0.717) is 0 Å². The van der Waals surface area contributed by atoms with Crippen LogP contribution < -0.4 is 0 Å². The minimum absolute atomic E-state index is 0.0684. The zero-order chi connectivity index (χ0) is 12.6. The van der Waals surface area contributed by atoms with Crippen molar-refractivity contribution < 1.29 is 0 Å². The summed E-state index contributed by atoms with van der Waals surface area (Å²) < 4.78 is 1.08. The lowest BCUT2D eigenvalue weighted by atomic mass is 9.90. The van der Waals surface area contributed by atoms with Crippen LogP contribution in [-0.4, -0.2) is 4.98 Å². The van der Waals surface area contributed by atoms with E-state index in [4.69, 9.17) is 4.98 Å². The van der Waals surface area contributed by atoms with E-state index >= 15 is 0 Å². The third kappa shape index (κ3) is 2.66. The average molecular weight is 310 g/mol. The topological polar surface area (TPSA) is 12.9 Å². The third-order valence-corrected chi connectivity index (χ3v) is 3.63. The highest BCUT2D eigenvalue weighted by molar-refractivity contribution is 9.10. The van der Waals surface area contributed by atoms with Gasteiger partial charge >= 0.3 is 0 Å². The number of nitrogens with zero attached hydrogens (tertiary/aromatic N) is 1. The van der Waals surface area contributed by atoms with Crippen molar-refractivity contribution in [2.45, 2.75) is 31.9 Å². The van der Waals surface area contributed by atoms with Crippen LogP contribution >= 0.6 is 28.6 Å². The lowest BCUT2D eigenvalue weighted by Gasteiger charge is -2.19. The molecule has 3 heteroatoms. The molecule has 0 atom stereocenters. The Morgan fingerprint density at radius 3 is 2.53 bits per heavy atom. The van der Waals surface area contributed by atoms with Crippen LogP contribution in [0, 0.1) is 0 Å². The average Bonchev–Trinajstić information content (AvgIpc) is 2.26. The van der Waals surface area contributed by atoms with E-state index in [9.17, 15) is 0 Å². The molecular weight excluding hydrogens is 294 g/mol. The van der Waals surface area contributed by atoms with E-state index in [1.54, 1.807) is 0 Å². The van der Waals surface area contributed by atoms with E-state index in [-0.39, 0.29) is 5.41 Å². The zero-order valence-electron chi connectivity index (χ0n) is 10.3. The highest BCUT2D eigenvalue weighted by Crippen LogP contribution is 2.28. The predicted octanol–water partition coefficient (Wildman–Crippen LogP) is 4.72. The molecule has 0 aliphatic heterocycles. The predicted molar refractivity (Wildman–Crippen MR) is 80.8 cm³/mol. The summed E-state index contributed by atoms with van der Waals surface area (Å²) in [6.45, 7) is 6.55. The first-order valence-corrected chi connectivity index (χ1v) is 7.05. The number of benzene rings is 1. The molecule has 0 N–H and O–H groups in total. The van der Waals surface area contributed by atoms with Crippen molar-refractivity contribution in [1.29, 1.82) is 0 Å². The molecule has 0 radical (unpaired) electrons. The SMILES string of the molecule is CC(C)(C)c1cc(CS)c2cc(Br)ccc2n1. The van der Waals surface area contributed by atoms with Gasteiger partial charge in [-0.2, -0.15) is 12.6 Å². The fraction of sp³-hybridized carbons (Fsp3) is 0.357. The van der Waals surface area contributed by atoms with Gasteiger partial charge in [-0.15, -0.1) is 0 Å². The third-order valence-electron chi connectivity index (χ3n) is 2.80. The van der Waals surface area contributed by atoms with E-state index in [2.05, 4.69) is 67.5 Å². The number of aromatic nitrogens is 1. The molecule has 1 heterocycles. The molecular formula is C14H16BrNS. The summed E-state index contributed by atoms with van der Waals surface area (Å²) in [5.74, 6) is 0.735. The van der Waals surface area contributed by atoms with Gasteiger partial charge in [-0.05, 0) is 29.8 Å². The Morgan fingerprint density at radius 1 is 1.24 bits per heavy atom. The van der Waals surface area contributed by atoms with Gasteiger partial charge in [0.2, 0.25) is 0 Å². The summed E-state index contributed by atoms with van der Waals surface area (Å²) in [7, 11) is 0. The van der Waals surface area contributed by atoms with Crippen molar-refractivity contribution >= 4 is 39.5 Å². The van der Waals surface area contributed by atoms with Gasteiger partial charge in [0.05, 0.1) is 5.52 Å². The molecule has 1 aromatic carbocycles. The van der Waals surface area contributed by atoms with Crippen LogP contribution in [0.5, 0.6) is 0 Å². The van der Waals surface area contributed by atoms with E-state index in [1.165, 1.54) is 10.9 Å². The van der Waals surface area contributed by atoms with Crippen LogP contribution in [0.15, 0.2) is 28.7 Å². The Labute approximate surface area is 116 Å². The van der Waals surface area contributed by atoms with Gasteiger partial charge in [0.25, 0.3) is 0 Å². The van der Waals surface area contributed by atoms with Crippen LogP contribution in [-0.2, 0) is 11.2 Å². The summed E-state index contributed by atoms with van der Waals surface area (Å²) in [6, 6.07) is 8.37.